The third kappa shape index (κ3) is 3.53. The summed E-state index contributed by atoms with van der Waals surface area (Å²) in [5.74, 6) is -2.43. The Bertz CT molecular complexity index is 657. The van der Waals surface area contributed by atoms with Crippen molar-refractivity contribution in [2.45, 2.75) is 103 Å². The first kappa shape index (κ1) is 21.7. The van der Waals surface area contributed by atoms with E-state index in [1.807, 2.05) is 0 Å². The van der Waals surface area contributed by atoms with E-state index in [1.165, 1.54) is 13.8 Å². The Labute approximate surface area is 168 Å². The first-order valence-corrected chi connectivity index (χ1v) is 13.0. The molecule has 0 aromatic carbocycles. The van der Waals surface area contributed by atoms with Gasteiger partial charge in [-0.25, -0.2) is 0 Å². The van der Waals surface area contributed by atoms with Crippen molar-refractivity contribution in [3.05, 3.63) is 0 Å². The summed E-state index contributed by atoms with van der Waals surface area (Å²) >= 11 is 0. The summed E-state index contributed by atoms with van der Waals surface area (Å²) in [5, 5.41) is 0.0732. The van der Waals surface area contributed by atoms with Crippen LogP contribution in [0.3, 0.4) is 0 Å². The molecule has 4 aliphatic rings. The number of hydrogen-bond donors (Lipinski definition) is 0. The highest BCUT2D eigenvalue weighted by Gasteiger charge is 2.71. The van der Waals surface area contributed by atoms with Crippen molar-refractivity contribution in [2.24, 2.45) is 11.3 Å². The zero-order valence-corrected chi connectivity index (χ0v) is 19.3. The molecule has 6 atom stereocenters. The predicted octanol–water partition coefficient (Wildman–Crippen LogP) is 3.72. The molecule has 0 aromatic heterocycles. The van der Waals surface area contributed by atoms with Crippen LogP contribution in [0.2, 0.25) is 18.1 Å². The average Bonchev–Trinajstić information content (AvgIpc) is 2.47. The van der Waals surface area contributed by atoms with Crippen LogP contribution < -0.4 is 0 Å². The van der Waals surface area contributed by atoms with Gasteiger partial charge in [0.1, 0.15) is 0 Å². The second kappa shape index (κ2) is 6.79. The Morgan fingerprint density at radius 1 is 1.14 bits per heavy atom. The maximum absolute atomic E-state index is 11.9. The van der Waals surface area contributed by atoms with Gasteiger partial charge >= 0.3 is 11.9 Å². The van der Waals surface area contributed by atoms with E-state index in [1.54, 1.807) is 0 Å². The number of ether oxygens (including phenoxy) is 4. The van der Waals surface area contributed by atoms with Gasteiger partial charge in [-0.3, -0.25) is 9.59 Å². The lowest BCUT2D eigenvalue weighted by atomic mass is 9.58. The lowest BCUT2D eigenvalue weighted by Gasteiger charge is -2.65. The Hall–Kier alpha value is -0.963. The topological polar surface area (TPSA) is 80.3 Å². The molecule has 3 saturated heterocycles. The van der Waals surface area contributed by atoms with Gasteiger partial charge in [0.05, 0.1) is 12.0 Å². The Morgan fingerprint density at radius 3 is 2.32 bits per heavy atom. The highest BCUT2D eigenvalue weighted by Crippen LogP contribution is 2.62. The molecule has 7 nitrogen and oxygen atoms in total. The number of hydrogen-bond acceptors (Lipinski definition) is 7. The molecule has 4 bridgehead atoms. The normalized spacial score (nSPS) is 40.1. The molecule has 0 amide bonds. The standard InChI is InChI=1S/C20H34O7Si/c1-12(21)23-17-16-19(6)11-15(24-17)26-20(16,25-13(2)22)10-9-14(19)27-28(7,8)18(3,4)5/h14-17H,9-11H2,1-8H3/t14-,15+,16?,17+,19+,20-/m0/s1. The SMILES string of the molecule is CC(=O)O[C@@H]1O[C@H]2C[C@@]3(C)C1[C@](OC(C)=O)(CC[C@@H]3O[Si](C)(C)C(C)(C)C)O2. The molecule has 1 aliphatic carbocycles. The molecule has 1 saturated carbocycles. The fourth-order valence-corrected chi connectivity index (χ4v) is 6.18. The molecule has 160 valence electrons. The first-order valence-electron chi connectivity index (χ1n) is 10.1. The van der Waals surface area contributed by atoms with Crippen LogP contribution in [0.1, 0.15) is 60.8 Å². The number of carbonyl (C=O) groups excluding carboxylic acids is 2. The summed E-state index contributed by atoms with van der Waals surface area (Å²) in [6.45, 7) is 16.0. The second-order valence-corrected chi connectivity index (χ2v) is 14.9. The molecular formula is C20H34O7Si. The smallest absolute Gasteiger partial charge is 0.305 e. The number of fused-ring (bicyclic) bond motifs is 1. The fourth-order valence-electron chi connectivity index (χ4n) is 4.72. The monoisotopic (exact) mass is 414 g/mol. The van der Waals surface area contributed by atoms with Crippen molar-refractivity contribution in [3.63, 3.8) is 0 Å². The van der Waals surface area contributed by atoms with E-state index in [0.717, 1.165) is 0 Å². The van der Waals surface area contributed by atoms with Gasteiger partial charge in [-0.1, -0.05) is 27.7 Å². The van der Waals surface area contributed by atoms with Crippen molar-refractivity contribution < 1.29 is 33.0 Å². The lowest BCUT2D eigenvalue weighted by Crippen LogP contribution is -2.73. The molecular weight excluding hydrogens is 380 g/mol. The molecule has 28 heavy (non-hydrogen) atoms. The van der Waals surface area contributed by atoms with Crippen LogP contribution in [-0.4, -0.2) is 44.7 Å². The van der Waals surface area contributed by atoms with Crippen molar-refractivity contribution in [2.75, 3.05) is 0 Å². The lowest BCUT2D eigenvalue weighted by molar-refractivity contribution is -0.475. The van der Waals surface area contributed by atoms with E-state index >= 15 is 0 Å². The van der Waals surface area contributed by atoms with E-state index in [2.05, 4.69) is 40.8 Å². The highest BCUT2D eigenvalue weighted by molar-refractivity contribution is 6.74. The van der Waals surface area contributed by atoms with Crippen molar-refractivity contribution in [3.8, 4) is 0 Å². The molecule has 4 rings (SSSR count). The molecule has 0 radical (unpaired) electrons. The van der Waals surface area contributed by atoms with Crippen LogP contribution in [0.15, 0.2) is 0 Å². The number of carbonyl (C=O) groups is 2. The van der Waals surface area contributed by atoms with Crippen LogP contribution in [0, 0.1) is 11.3 Å². The van der Waals surface area contributed by atoms with Crippen molar-refractivity contribution in [1.29, 1.82) is 0 Å². The Balaban J connectivity index is 1.98. The molecule has 1 unspecified atom stereocenters. The van der Waals surface area contributed by atoms with Crippen LogP contribution >= 0.6 is 0 Å². The Morgan fingerprint density at radius 2 is 1.79 bits per heavy atom. The van der Waals surface area contributed by atoms with Gasteiger partial charge in [0.15, 0.2) is 14.6 Å². The zero-order valence-electron chi connectivity index (χ0n) is 18.3. The fraction of sp³-hybridized carbons (Fsp3) is 0.900. The van der Waals surface area contributed by atoms with Gasteiger partial charge in [0.25, 0.3) is 0 Å². The summed E-state index contributed by atoms with van der Waals surface area (Å²) in [7, 11) is -2.03. The Kier molecular flexibility index (Phi) is 5.27. The minimum atomic E-state index is -2.03. The summed E-state index contributed by atoms with van der Waals surface area (Å²) in [6, 6.07) is 0. The average molecular weight is 415 g/mol. The maximum Gasteiger partial charge on any atom is 0.305 e. The summed E-state index contributed by atoms with van der Waals surface area (Å²) in [5.41, 5.74) is -0.398. The molecule has 0 aromatic rings. The maximum atomic E-state index is 11.9. The minimum Gasteiger partial charge on any atom is -0.435 e. The quantitative estimate of drug-likeness (QED) is 0.512. The molecule has 0 N–H and O–H groups in total. The first-order chi connectivity index (χ1) is 12.7. The molecule has 8 heteroatoms. The van der Waals surface area contributed by atoms with Crippen molar-refractivity contribution in [1.82, 2.24) is 0 Å². The largest absolute Gasteiger partial charge is 0.435 e. The van der Waals surface area contributed by atoms with E-state index in [4.69, 9.17) is 23.4 Å². The van der Waals surface area contributed by atoms with Crippen LogP contribution in [0.4, 0.5) is 0 Å². The summed E-state index contributed by atoms with van der Waals surface area (Å²) in [6.07, 6.45) is 0.341. The molecule has 3 aliphatic heterocycles. The van der Waals surface area contributed by atoms with Crippen molar-refractivity contribution >= 4 is 20.3 Å². The van der Waals surface area contributed by atoms with Gasteiger partial charge in [0.2, 0.25) is 12.1 Å². The molecule has 3 heterocycles. The summed E-state index contributed by atoms with van der Waals surface area (Å²) < 4.78 is 30.0. The highest BCUT2D eigenvalue weighted by atomic mass is 28.4. The van der Waals surface area contributed by atoms with E-state index in [9.17, 15) is 9.59 Å². The van der Waals surface area contributed by atoms with Gasteiger partial charge in [0, 0.05) is 32.1 Å². The van der Waals surface area contributed by atoms with Gasteiger partial charge in [-0.15, -0.1) is 0 Å². The minimum absolute atomic E-state index is 0.0459. The number of rotatable bonds is 4. The third-order valence-electron chi connectivity index (χ3n) is 7.01. The van der Waals surface area contributed by atoms with Crippen LogP contribution in [0.25, 0.3) is 0 Å². The van der Waals surface area contributed by atoms with E-state index in [-0.39, 0.29) is 11.1 Å². The van der Waals surface area contributed by atoms with Gasteiger partial charge < -0.3 is 23.4 Å². The predicted molar refractivity (Wildman–Crippen MR) is 104 cm³/mol. The molecule has 0 spiro atoms. The van der Waals surface area contributed by atoms with E-state index < -0.39 is 50.0 Å². The van der Waals surface area contributed by atoms with E-state index in [0.29, 0.717) is 19.3 Å². The summed E-state index contributed by atoms with van der Waals surface area (Å²) in [4.78, 5) is 23.6. The van der Waals surface area contributed by atoms with Gasteiger partial charge in [-0.2, -0.15) is 0 Å². The van der Waals surface area contributed by atoms with Crippen LogP contribution in [0.5, 0.6) is 0 Å². The molecule has 4 fully saturated rings. The second-order valence-electron chi connectivity index (χ2n) is 10.2. The van der Waals surface area contributed by atoms with Gasteiger partial charge in [-0.05, 0) is 24.6 Å². The third-order valence-corrected chi connectivity index (χ3v) is 11.5. The zero-order chi connectivity index (χ0) is 21.1. The van der Waals surface area contributed by atoms with Crippen LogP contribution in [-0.2, 0) is 33.0 Å². The number of esters is 2.